The average Bonchev–Trinajstić information content (AvgIpc) is 2.33. The van der Waals surface area contributed by atoms with Crippen molar-refractivity contribution in [3.05, 3.63) is 57.0 Å². The predicted molar refractivity (Wildman–Crippen MR) is 81.1 cm³/mol. The summed E-state index contributed by atoms with van der Waals surface area (Å²) in [6, 6.07) is 13.7. The monoisotopic (exact) mass is 369 g/mol. The van der Waals surface area contributed by atoms with Crippen LogP contribution in [0.5, 0.6) is 11.5 Å². The Kier molecular flexibility index (Phi) is 4.80. The Balaban J connectivity index is 2.28. The molecule has 0 unspecified atom stereocenters. The number of rotatable bonds is 4. The Bertz CT molecular complexity index is 543. The zero-order valence-electron chi connectivity index (χ0n) is 9.70. The molecule has 2 aromatic carbocycles. The van der Waals surface area contributed by atoms with Gasteiger partial charge in [0.05, 0.1) is 0 Å². The van der Waals surface area contributed by atoms with Gasteiger partial charge >= 0.3 is 0 Å². The van der Waals surface area contributed by atoms with Crippen molar-refractivity contribution in [1.82, 2.24) is 0 Å². The topological polar surface area (TPSA) is 35.2 Å². The second kappa shape index (κ2) is 6.36. The van der Waals surface area contributed by atoms with Crippen molar-refractivity contribution in [2.45, 2.75) is 6.42 Å². The molecule has 4 heteroatoms. The molecule has 0 amide bonds. The summed E-state index contributed by atoms with van der Waals surface area (Å²) in [4.78, 5) is 0. The number of hydrogen-bond acceptors (Lipinski definition) is 2. The summed E-state index contributed by atoms with van der Waals surface area (Å²) < 4.78 is 7.92. The molecule has 0 radical (unpaired) electrons. The summed E-state index contributed by atoms with van der Waals surface area (Å²) in [5, 5.41) is 0. The van der Waals surface area contributed by atoms with E-state index in [-0.39, 0.29) is 0 Å². The minimum Gasteiger partial charge on any atom is -0.457 e. The molecule has 0 saturated heterocycles. The highest BCUT2D eigenvalue weighted by Crippen LogP contribution is 2.29. The van der Waals surface area contributed by atoms with Crippen LogP contribution in [-0.2, 0) is 6.42 Å². The Hall–Kier alpha value is -0.840. The lowest BCUT2D eigenvalue weighted by molar-refractivity contribution is 0.476. The van der Waals surface area contributed by atoms with Gasteiger partial charge in [0.25, 0.3) is 0 Å². The summed E-state index contributed by atoms with van der Waals surface area (Å²) in [6.07, 6.45) is 0.794. The van der Waals surface area contributed by atoms with Crippen molar-refractivity contribution < 1.29 is 4.74 Å². The van der Waals surface area contributed by atoms with Crippen LogP contribution in [0.4, 0.5) is 0 Å². The van der Waals surface area contributed by atoms with Gasteiger partial charge in [-0.1, -0.05) is 37.9 Å². The molecule has 0 aromatic heterocycles. The van der Waals surface area contributed by atoms with E-state index >= 15 is 0 Å². The lowest BCUT2D eigenvalue weighted by Crippen LogP contribution is -2.04. The van der Waals surface area contributed by atoms with Crippen molar-refractivity contribution in [1.29, 1.82) is 0 Å². The van der Waals surface area contributed by atoms with Crippen LogP contribution in [0.25, 0.3) is 0 Å². The third-order valence-electron chi connectivity index (χ3n) is 2.46. The maximum Gasteiger partial charge on any atom is 0.130 e. The van der Waals surface area contributed by atoms with E-state index in [1.165, 1.54) is 0 Å². The van der Waals surface area contributed by atoms with E-state index in [0.29, 0.717) is 6.54 Å². The third-order valence-corrected chi connectivity index (χ3v) is 3.45. The van der Waals surface area contributed by atoms with Gasteiger partial charge in [0.1, 0.15) is 11.5 Å². The molecule has 18 heavy (non-hydrogen) atoms. The minimum absolute atomic E-state index is 0.602. The van der Waals surface area contributed by atoms with Crippen LogP contribution < -0.4 is 10.5 Å². The quantitative estimate of drug-likeness (QED) is 0.859. The lowest BCUT2D eigenvalue weighted by Gasteiger charge is -2.11. The number of nitrogens with two attached hydrogens (primary N) is 1. The van der Waals surface area contributed by atoms with Crippen LogP contribution >= 0.6 is 31.9 Å². The maximum atomic E-state index is 5.89. The van der Waals surface area contributed by atoms with Crippen LogP contribution in [-0.4, -0.2) is 6.54 Å². The molecule has 0 aliphatic rings. The smallest absolute Gasteiger partial charge is 0.130 e. The molecule has 2 rings (SSSR count). The number of ether oxygens (including phenoxy) is 1. The van der Waals surface area contributed by atoms with Crippen LogP contribution in [0.1, 0.15) is 5.56 Å². The highest BCUT2D eigenvalue weighted by atomic mass is 79.9. The minimum atomic E-state index is 0.602. The molecular formula is C14H13Br2NO. The normalized spacial score (nSPS) is 10.4. The molecule has 2 nitrogen and oxygen atoms in total. The predicted octanol–water partition coefficient (Wildman–Crippen LogP) is 4.51. The first-order valence-corrected chi connectivity index (χ1v) is 7.19. The molecule has 2 aromatic rings. The summed E-state index contributed by atoms with van der Waals surface area (Å²) >= 11 is 6.89. The molecule has 0 heterocycles. The molecule has 0 atom stereocenters. The van der Waals surface area contributed by atoms with Gasteiger partial charge in [-0.3, -0.25) is 0 Å². The Morgan fingerprint density at radius 1 is 1.00 bits per heavy atom. The van der Waals surface area contributed by atoms with Gasteiger partial charge < -0.3 is 10.5 Å². The van der Waals surface area contributed by atoms with E-state index in [4.69, 9.17) is 10.5 Å². The van der Waals surface area contributed by atoms with Crippen LogP contribution in [0.3, 0.4) is 0 Å². The summed E-state index contributed by atoms with van der Waals surface area (Å²) in [7, 11) is 0. The molecule has 0 aliphatic carbocycles. The highest BCUT2D eigenvalue weighted by Gasteiger charge is 2.05. The van der Waals surface area contributed by atoms with Crippen LogP contribution in [0.2, 0.25) is 0 Å². The molecule has 94 valence electrons. The summed E-state index contributed by atoms with van der Waals surface area (Å²) in [5.74, 6) is 1.66. The van der Waals surface area contributed by atoms with E-state index in [0.717, 1.165) is 32.4 Å². The van der Waals surface area contributed by atoms with E-state index in [2.05, 4.69) is 31.9 Å². The average molecular weight is 371 g/mol. The molecule has 0 aliphatic heterocycles. The number of halogens is 2. The van der Waals surface area contributed by atoms with Crippen LogP contribution in [0, 0.1) is 0 Å². The van der Waals surface area contributed by atoms with E-state index in [9.17, 15) is 0 Å². The molecular weight excluding hydrogens is 358 g/mol. The second-order valence-electron chi connectivity index (χ2n) is 3.85. The maximum absolute atomic E-state index is 5.89. The molecule has 2 N–H and O–H groups in total. The zero-order chi connectivity index (χ0) is 13.0. The van der Waals surface area contributed by atoms with Crippen molar-refractivity contribution in [3.63, 3.8) is 0 Å². The third kappa shape index (κ3) is 3.57. The van der Waals surface area contributed by atoms with Gasteiger partial charge in [0, 0.05) is 8.95 Å². The van der Waals surface area contributed by atoms with Gasteiger partial charge in [0.15, 0.2) is 0 Å². The second-order valence-corrected chi connectivity index (χ2v) is 5.68. The fourth-order valence-corrected chi connectivity index (χ4v) is 2.44. The molecule has 0 saturated carbocycles. The van der Waals surface area contributed by atoms with E-state index < -0.39 is 0 Å². The Morgan fingerprint density at radius 2 is 1.78 bits per heavy atom. The zero-order valence-corrected chi connectivity index (χ0v) is 12.9. The molecule has 0 bridgehead atoms. The highest BCUT2D eigenvalue weighted by molar-refractivity contribution is 9.10. The van der Waals surface area contributed by atoms with Crippen molar-refractivity contribution in [2.24, 2.45) is 5.73 Å². The van der Waals surface area contributed by atoms with Gasteiger partial charge in [0.2, 0.25) is 0 Å². The number of benzene rings is 2. The first-order chi connectivity index (χ1) is 8.69. The molecule has 0 fully saturated rings. The van der Waals surface area contributed by atoms with E-state index in [1.807, 2.05) is 42.5 Å². The van der Waals surface area contributed by atoms with Gasteiger partial charge in [-0.2, -0.15) is 0 Å². The summed E-state index contributed by atoms with van der Waals surface area (Å²) in [5.41, 5.74) is 6.72. The van der Waals surface area contributed by atoms with Crippen molar-refractivity contribution in [2.75, 3.05) is 6.54 Å². The van der Waals surface area contributed by atoms with Gasteiger partial charge in [-0.05, 0) is 54.9 Å². The first kappa shape index (κ1) is 13.6. The van der Waals surface area contributed by atoms with E-state index in [1.54, 1.807) is 0 Å². The SMILES string of the molecule is NCCc1cc(Br)ccc1Oc1cccc(Br)c1. The fraction of sp³-hybridized carbons (Fsp3) is 0.143. The van der Waals surface area contributed by atoms with Gasteiger partial charge in [-0.15, -0.1) is 0 Å². The van der Waals surface area contributed by atoms with Crippen LogP contribution in [0.15, 0.2) is 51.4 Å². The Morgan fingerprint density at radius 3 is 2.50 bits per heavy atom. The standard InChI is InChI=1S/C14H13Br2NO/c15-11-2-1-3-13(9-11)18-14-5-4-12(16)8-10(14)6-7-17/h1-5,8-9H,6-7,17H2. The summed E-state index contributed by atoms with van der Waals surface area (Å²) in [6.45, 7) is 0.602. The van der Waals surface area contributed by atoms with Crippen molar-refractivity contribution in [3.8, 4) is 11.5 Å². The largest absolute Gasteiger partial charge is 0.457 e. The lowest BCUT2D eigenvalue weighted by atomic mass is 10.1. The molecule has 0 spiro atoms. The first-order valence-electron chi connectivity index (χ1n) is 5.61. The fourth-order valence-electron chi connectivity index (χ4n) is 1.66. The Labute approximate surface area is 123 Å². The van der Waals surface area contributed by atoms with Gasteiger partial charge in [-0.25, -0.2) is 0 Å². The van der Waals surface area contributed by atoms with Crippen molar-refractivity contribution >= 4 is 31.9 Å². The number of hydrogen-bond donors (Lipinski definition) is 1.